The van der Waals surface area contributed by atoms with Gasteiger partial charge in [0.15, 0.2) is 0 Å². The van der Waals surface area contributed by atoms with Gasteiger partial charge in [-0.25, -0.2) is 4.98 Å². The zero-order chi connectivity index (χ0) is 12.4. The minimum atomic E-state index is 0.564. The van der Waals surface area contributed by atoms with Crippen molar-refractivity contribution in [3.63, 3.8) is 0 Å². The van der Waals surface area contributed by atoms with Crippen molar-refractivity contribution >= 4 is 27.7 Å². The summed E-state index contributed by atoms with van der Waals surface area (Å²) in [5.41, 5.74) is 1.48. The van der Waals surface area contributed by atoms with Gasteiger partial charge >= 0.3 is 0 Å². The number of nitriles is 1. The van der Waals surface area contributed by atoms with Crippen molar-refractivity contribution in [1.29, 1.82) is 5.26 Å². The monoisotopic (exact) mass is 308 g/mol. The molecule has 0 atom stereocenters. The van der Waals surface area contributed by atoms with E-state index in [0.717, 1.165) is 20.8 Å². The summed E-state index contributed by atoms with van der Waals surface area (Å²) < 4.78 is 6.27. The Balaban J connectivity index is 2.37. The summed E-state index contributed by atoms with van der Waals surface area (Å²) in [7, 11) is 0. The van der Waals surface area contributed by atoms with Gasteiger partial charge in [-0.1, -0.05) is 6.07 Å². The summed E-state index contributed by atoms with van der Waals surface area (Å²) in [5.74, 6) is 0.806. The van der Waals surface area contributed by atoms with Crippen molar-refractivity contribution in [2.75, 3.05) is 0 Å². The highest BCUT2D eigenvalue weighted by Crippen LogP contribution is 2.33. The van der Waals surface area contributed by atoms with E-state index in [1.165, 1.54) is 11.8 Å². The maximum Gasteiger partial charge on any atom is 0.261 e. The zero-order valence-electron chi connectivity index (χ0n) is 9.32. The van der Waals surface area contributed by atoms with Crippen molar-refractivity contribution < 1.29 is 4.42 Å². The number of aryl methyl sites for hydroxylation is 2. The Bertz CT molecular complexity index is 582. The lowest BCUT2D eigenvalue weighted by molar-refractivity contribution is 0.431. The van der Waals surface area contributed by atoms with Crippen LogP contribution in [0.4, 0.5) is 0 Å². The van der Waals surface area contributed by atoms with Gasteiger partial charge in [0.1, 0.15) is 11.8 Å². The summed E-state index contributed by atoms with van der Waals surface area (Å²) >= 11 is 4.71. The van der Waals surface area contributed by atoms with Crippen molar-refractivity contribution in [2.24, 2.45) is 0 Å². The largest absolute Gasteiger partial charge is 0.436 e. The Labute approximate surface area is 112 Å². The molecule has 0 saturated heterocycles. The van der Waals surface area contributed by atoms with E-state index in [0.29, 0.717) is 10.8 Å². The highest BCUT2D eigenvalue weighted by Gasteiger charge is 2.12. The molecule has 1 aromatic heterocycles. The number of hydrogen-bond acceptors (Lipinski definition) is 4. The van der Waals surface area contributed by atoms with E-state index < -0.39 is 0 Å². The van der Waals surface area contributed by atoms with Gasteiger partial charge in [0.05, 0.1) is 11.3 Å². The highest BCUT2D eigenvalue weighted by molar-refractivity contribution is 9.10. The van der Waals surface area contributed by atoms with Gasteiger partial charge in [0, 0.05) is 9.37 Å². The standard InChI is InChI=1S/C12H9BrN2OS/c1-7-8(2)16-12(15-7)17-11-5-3-4-10(13)9(11)6-14/h3-5H,1-2H3. The van der Waals surface area contributed by atoms with Crippen molar-refractivity contribution in [2.45, 2.75) is 24.0 Å². The summed E-state index contributed by atoms with van der Waals surface area (Å²) in [6.07, 6.45) is 0. The normalized spacial score (nSPS) is 10.2. The summed E-state index contributed by atoms with van der Waals surface area (Å²) in [5, 5.41) is 9.66. The third-order valence-electron chi connectivity index (χ3n) is 2.29. The van der Waals surface area contributed by atoms with Crippen molar-refractivity contribution in [3.05, 3.63) is 39.7 Å². The first-order valence-corrected chi connectivity index (χ1v) is 6.53. The van der Waals surface area contributed by atoms with E-state index in [1.54, 1.807) is 0 Å². The van der Waals surface area contributed by atoms with Gasteiger partial charge in [-0.2, -0.15) is 5.26 Å². The fourth-order valence-electron chi connectivity index (χ4n) is 1.28. The van der Waals surface area contributed by atoms with Crippen LogP contribution in [0.2, 0.25) is 0 Å². The van der Waals surface area contributed by atoms with Crippen LogP contribution in [0.15, 0.2) is 37.2 Å². The van der Waals surface area contributed by atoms with Crippen LogP contribution >= 0.6 is 27.7 Å². The lowest BCUT2D eigenvalue weighted by Crippen LogP contribution is -1.83. The molecule has 0 aliphatic heterocycles. The van der Waals surface area contributed by atoms with Crippen LogP contribution in [0.3, 0.4) is 0 Å². The topological polar surface area (TPSA) is 49.8 Å². The number of hydrogen-bond donors (Lipinski definition) is 0. The van der Waals surface area contributed by atoms with Crippen molar-refractivity contribution in [3.8, 4) is 6.07 Å². The average Bonchev–Trinajstić information content (AvgIpc) is 2.58. The van der Waals surface area contributed by atoms with Crippen molar-refractivity contribution in [1.82, 2.24) is 4.98 Å². The van der Waals surface area contributed by atoms with Gasteiger partial charge in [-0.3, -0.25) is 0 Å². The summed E-state index contributed by atoms with van der Waals surface area (Å²) in [4.78, 5) is 5.12. The smallest absolute Gasteiger partial charge is 0.261 e. The van der Waals surface area contributed by atoms with Gasteiger partial charge in [-0.05, 0) is 53.7 Å². The quantitative estimate of drug-likeness (QED) is 0.839. The van der Waals surface area contributed by atoms with Crippen LogP contribution in [-0.4, -0.2) is 4.98 Å². The second-order valence-corrected chi connectivity index (χ2v) is 5.30. The van der Waals surface area contributed by atoms with Gasteiger partial charge < -0.3 is 4.42 Å². The molecule has 86 valence electrons. The first kappa shape index (κ1) is 12.2. The van der Waals surface area contributed by atoms with E-state index >= 15 is 0 Å². The van der Waals surface area contributed by atoms with E-state index in [2.05, 4.69) is 27.0 Å². The molecule has 0 fully saturated rings. The lowest BCUT2D eigenvalue weighted by atomic mass is 10.2. The number of nitrogens with zero attached hydrogens (tertiary/aromatic N) is 2. The van der Waals surface area contributed by atoms with Crippen LogP contribution < -0.4 is 0 Å². The molecule has 5 heteroatoms. The SMILES string of the molecule is Cc1nc(Sc2cccc(Br)c2C#N)oc1C. The summed E-state index contributed by atoms with van der Waals surface area (Å²) in [6, 6.07) is 7.77. The fraction of sp³-hybridized carbons (Fsp3) is 0.167. The molecule has 0 amide bonds. The lowest BCUT2D eigenvalue weighted by Gasteiger charge is -2.01. The molecule has 0 aliphatic carbocycles. The number of aromatic nitrogens is 1. The van der Waals surface area contributed by atoms with Gasteiger partial charge in [0.25, 0.3) is 5.22 Å². The van der Waals surface area contributed by atoms with Gasteiger partial charge in [0.2, 0.25) is 0 Å². The fourth-order valence-corrected chi connectivity index (χ4v) is 2.81. The summed E-state index contributed by atoms with van der Waals surface area (Å²) in [6.45, 7) is 3.77. The van der Waals surface area contributed by atoms with E-state index in [1.807, 2.05) is 32.0 Å². The van der Waals surface area contributed by atoms with Crippen LogP contribution in [0, 0.1) is 25.2 Å². The van der Waals surface area contributed by atoms with Crippen LogP contribution in [0.1, 0.15) is 17.0 Å². The molecule has 0 bridgehead atoms. The molecule has 0 N–H and O–H groups in total. The maximum atomic E-state index is 9.09. The molecule has 2 rings (SSSR count). The molecular formula is C12H9BrN2OS. The molecule has 0 radical (unpaired) electrons. The second-order valence-electron chi connectivity index (χ2n) is 3.45. The first-order chi connectivity index (χ1) is 8.11. The molecule has 1 heterocycles. The Morgan fingerprint density at radius 2 is 2.18 bits per heavy atom. The van der Waals surface area contributed by atoms with Crippen LogP contribution in [-0.2, 0) is 0 Å². The third kappa shape index (κ3) is 2.54. The molecule has 0 aliphatic rings. The zero-order valence-corrected chi connectivity index (χ0v) is 11.7. The minimum absolute atomic E-state index is 0.564. The Kier molecular flexibility index (Phi) is 3.55. The molecular weight excluding hydrogens is 300 g/mol. The Morgan fingerprint density at radius 1 is 1.41 bits per heavy atom. The Hall–Kier alpha value is -1.25. The maximum absolute atomic E-state index is 9.09. The van der Waals surface area contributed by atoms with Crippen LogP contribution in [0.25, 0.3) is 0 Å². The predicted octanol–water partition coefficient (Wildman–Crippen LogP) is 4.08. The van der Waals surface area contributed by atoms with Gasteiger partial charge in [-0.15, -0.1) is 0 Å². The average molecular weight is 309 g/mol. The molecule has 17 heavy (non-hydrogen) atoms. The third-order valence-corrected chi connectivity index (χ3v) is 3.86. The molecule has 3 nitrogen and oxygen atoms in total. The van der Waals surface area contributed by atoms with E-state index in [-0.39, 0.29) is 0 Å². The van der Waals surface area contributed by atoms with E-state index in [9.17, 15) is 0 Å². The number of benzene rings is 1. The first-order valence-electron chi connectivity index (χ1n) is 4.92. The second kappa shape index (κ2) is 4.94. The number of halogens is 1. The number of rotatable bonds is 2. The molecule has 2 aromatic rings. The highest BCUT2D eigenvalue weighted by atomic mass is 79.9. The van der Waals surface area contributed by atoms with Crippen LogP contribution in [0.5, 0.6) is 0 Å². The Morgan fingerprint density at radius 3 is 2.76 bits per heavy atom. The molecule has 1 aromatic carbocycles. The molecule has 0 unspecified atom stereocenters. The minimum Gasteiger partial charge on any atom is -0.436 e. The molecule has 0 saturated carbocycles. The predicted molar refractivity (Wildman–Crippen MR) is 69.0 cm³/mol. The molecule has 0 spiro atoms. The van der Waals surface area contributed by atoms with E-state index in [4.69, 9.17) is 9.68 Å². The number of oxazole rings is 1.